The second-order valence-corrected chi connectivity index (χ2v) is 7.09. The summed E-state index contributed by atoms with van der Waals surface area (Å²) in [5.74, 6) is 1.09. The molecule has 152 valence electrons. The third-order valence-corrected chi connectivity index (χ3v) is 4.83. The number of aromatic nitrogens is 2. The minimum atomic E-state index is -0.140. The van der Waals surface area contributed by atoms with Crippen molar-refractivity contribution in [3.05, 3.63) is 78.0 Å². The minimum Gasteiger partial charge on any atom is -0.491 e. The molecule has 2 aromatic carbocycles. The highest BCUT2D eigenvalue weighted by Crippen LogP contribution is 2.23. The lowest BCUT2D eigenvalue weighted by molar-refractivity contribution is 0.0950. The second-order valence-electron chi connectivity index (χ2n) is 7.09. The number of rotatable bonds is 7. The van der Waals surface area contributed by atoms with Crippen molar-refractivity contribution in [2.24, 2.45) is 0 Å². The molecule has 0 radical (unpaired) electrons. The summed E-state index contributed by atoms with van der Waals surface area (Å²) in [5, 5.41) is 2.95. The summed E-state index contributed by atoms with van der Waals surface area (Å²) in [4.78, 5) is 21.1. The van der Waals surface area contributed by atoms with Gasteiger partial charge >= 0.3 is 0 Å². The van der Waals surface area contributed by atoms with Gasteiger partial charge in [0.05, 0.1) is 6.10 Å². The van der Waals surface area contributed by atoms with E-state index in [2.05, 4.69) is 22.2 Å². The number of carbonyl (C=O) groups excluding carboxylic acids is 1. The van der Waals surface area contributed by atoms with E-state index in [1.54, 1.807) is 18.3 Å². The molecule has 0 saturated heterocycles. The Labute approximate surface area is 174 Å². The molecule has 0 saturated carbocycles. The van der Waals surface area contributed by atoms with Crippen molar-refractivity contribution in [1.82, 2.24) is 15.3 Å². The van der Waals surface area contributed by atoms with Crippen molar-refractivity contribution in [3.8, 4) is 17.2 Å². The smallest absolute Gasteiger partial charge is 0.251 e. The molecule has 0 aliphatic rings. The van der Waals surface area contributed by atoms with Crippen molar-refractivity contribution in [3.63, 3.8) is 0 Å². The Hall–Kier alpha value is -3.67. The number of hydrogen-bond acceptors (Lipinski definition) is 5. The van der Waals surface area contributed by atoms with Crippen molar-refractivity contribution in [2.75, 3.05) is 0 Å². The maximum Gasteiger partial charge on any atom is 0.251 e. The summed E-state index contributed by atoms with van der Waals surface area (Å²) < 4.78 is 11.5. The molecule has 1 unspecified atom stereocenters. The fraction of sp³-hybridized carbons (Fsp3) is 0.208. The first-order chi connectivity index (χ1) is 14.6. The van der Waals surface area contributed by atoms with Gasteiger partial charge in [0.2, 0.25) is 5.89 Å². The molecule has 0 spiro atoms. The Bertz CT molecular complexity index is 1120. The van der Waals surface area contributed by atoms with E-state index in [1.807, 2.05) is 55.5 Å². The molecule has 30 heavy (non-hydrogen) atoms. The molecule has 1 atom stereocenters. The van der Waals surface area contributed by atoms with E-state index >= 15 is 0 Å². The van der Waals surface area contributed by atoms with Gasteiger partial charge in [0.25, 0.3) is 5.91 Å². The van der Waals surface area contributed by atoms with E-state index in [1.165, 1.54) is 0 Å². The molecule has 0 fully saturated rings. The average molecular weight is 401 g/mol. The molecule has 1 N–H and O–H groups in total. The van der Waals surface area contributed by atoms with Crippen molar-refractivity contribution in [2.45, 2.75) is 32.9 Å². The van der Waals surface area contributed by atoms with Crippen LogP contribution in [-0.4, -0.2) is 22.0 Å². The predicted molar refractivity (Wildman–Crippen MR) is 115 cm³/mol. The van der Waals surface area contributed by atoms with E-state index in [9.17, 15) is 4.79 Å². The number of carbonyl (C=O) groups is 1. The summed E-state index contributed by atoms with van der Waals surface area (Å²) in [7, 11) is 0. The summed E-state index contributed by atoms with van der Waals surface area (Å²) >= 11 is 0. The quantitative estimate of drug-likeness (QED) is 0.472. The van der Waals surface area contributed by atoms with Crippen molar-refractivity contribution < 1.29 is 13.9 Å². The second kappa shape index (κ2) is 8.78. The number of hydrogen-bond donors (Lipinski definition) is 1. The lowest BCUT2D eigenvalue weighted by Crippen LogP contribution is -2.22. The van der Waals surface area contributed by atoms with Gasteiger partial charge < -0.3 is 14.5 Å². The number of fused-ring (bicyclic) bond motifs is 1. The molecule has 0 aliphatic heterocycles. The normalized spacial score (nSPS) is 11.9. The zero-order valence-corrected chi connectivity index (χ0v) is 17.0. The molecule has 0 aliphatic carbocycles. The molecule has 2 heterocycles. The van der Waals surface area contributed by atoms with Crippen LogP contribution in [0.4, 0.5) is 0 Å². The number of benzene rings is 2. The van der Waals surface area contributed by atoms with Crippen LogP contribution in [0, 0.1) is 0 Å². The van der Waals surface area contributed by atoms with Crippen molar-refractivity contribution >= 4 is 17.1 Å². The first-order valence-corrected chi connectivity index (χ1v) is 9.98. The van der Waals surface area contributed by atoms with E-state index in [-0.39, 0.29) is 12.0 Å². The van der Waals surface area contributed by atoms with Gasteiger partial charge in [-0.1, -0.05) is 25.1 Å². The molecule has 6 heteroatoms. The van der Waals surface area contributed by atoms with E-state index < -0.39 is 0 Å². The van der Waals surface area contributed by atoms with Crippen LogP contribution in [0.2, 0.25) is 0 Å². The van der Waals surface area contributed by atoms with Gasteiger partial charge in [0.15, 0.2) is 11.2 Å². The summed E-state index contributed by atoms with van der Waals surface area (Å²) in [6, 6.07) is 18.6. The lowest BCUT2D eigenvalue weighted by Gasteiger charge is -2.13. The monoisotopic (exact) mass is 401 g/mol. The van der Waals surface area contributed by atoms with Gasteiger partial charge in [-0.15, -0.1) is 0 Å². The summed E-state index contributed by atoms with van der Waals surface area (Å²) in [6.45, 7) is 4.49. The SMILES string of the molecule is CCC(C)Oc1cccc(C(=O)NCc2ccc(-c3nc4ncccc4o3)cc2)c1. The molecule has 0 bridgehead atoms. The van der Waals surface area contributed by atoms with Gasteiger partial charge in [-0.05, 0) is 61.4 Å². The highest BCUT2D eigenvalue weighted by molar-refractivity contribution is 5.94. The predicted octanol–water partition coefficient (Wildman–Crippen LogP) is 5.00. The topological polar surface area (TPSA) is 77.2 Å². The first-order valence-electron chi connectivity index (χ1n) is 9.98. The zero-order valence-electron chi connectivity index (χ0n) is 17.0. The van der Waals surface area contributed by atoms with Crippen LogP contribution >= 0.6 is 0 Å². The average Bonchev–Trinajstić information content (AvgIpc) is 3.22. The zero-order chi connectivity index (χ0) is 20.9. The molecular formula is C24H23N3O3. The fourth-order valence-corrected chi connectivity index (χ4v) is 2.97. The molecule has 1 amide bonds. The molecule has 4 aromatic rings. The maximum absolute atomic E-state index is 12.5. The highest BCUT2D eigenvalue weighted by atomic mass is 16.5. The Balaban J connectivity index is 1.39. The van der Waals surface area contributed by atoms with Gasteiger partial charge in [-0.3, -0.25) is 4.79 Å². The number of amides is 1. The Morgan fingerprint density at radius 3 is 2.73 bits per heavy atom. The number of nitrogens with zero attached hydrogens (tertiary/aromatic N) is 2. The Morgan fingerprint density at radius 1 is 1.13 bits per heavy atom. The van der Waals surface area contributed by atoms with Crippen LogP contribution in [0.1, 0.15) is 36.2 Å². The van der Waals surface area contributed by atoms with Gasteiger partial charge in [0, 0.05) is 23.9 Å². The van der Waals surface area contributed by atoms with E-state index in [0.717, 1.165) is 17.5 Å². The largest absolute Gasteiger partial charge is 0.491 e. The first kappa shape index (κ1) is 19.6. The van der Waals surface area contributed by atoms with Gasteiger partial charge in [-0.2, -0.15) is 4.98 Å². The maximum atomic E-state index is 12.5. The highest BCUT2D eigenvalue weighted by Gasteiger charge is 2.10. The van der Waals surface area contributed by atoms with E-state index in [0.29, 0.717) is 35.0 Å². The minimum absolute atomic E-state index is 0.110. The Kier molecular flexibility index (Phi) is 5.75. The van der Waals surface area contributed by atoms with Crippen LogP contribution in [0.15, 0.2) is 71.3 Å². The third-order valence-electron chi connectivity index (χ3n) is 4.83. The fourth-order valence-electron chi connectivity index (χ4n) is 2.97. The molecular weight excluding hydrogens is 378 g/mol. The molecule has 6 nitrogen and oxygen atoms in total. The molecule has 4 rings (SSSR count). The standard InChI is InChI=1S/C24H23N3O3/c1-3-16(2)29-20-7-4-6-19(14-20)23(28)26-15-17-9-11-18(12-10-17)24-27-22-21(30-24)8-5-13-25-22/h4-14,16H,3,15H2,1-2H3,(H,26,28). The number of ether oxygens (including phenoxy) is 1. The lowest BCUT2D eigenvalue weighted by atomic mass is 10.1. The summed E-state index contributed by atoms with van der Waals surface area (Å²) in [6.07, 6.45) is 2.71. The third kappa shape index (κ3) is 4.49. The van der Waals surface area contributed by atoms with Crippen LogP contribution in [-0.2, 0) is 6.54 Å². The Morgan fingerprint density at radius 2 is 1.97 bits per heavy atom. The van der Waals surface area contributed by atoms with Crippen LogP contribution < -0.4 is 10.1 Å². The number of pyridine rings is 1. The van der Waals surface area contributed by atoms with E-state index in [4.69, 9.17) is 9.15 Å². The van der Waals surface area contributed by atoms with Crippen LogP contribution in [0.25, 0.3) is 22.7 Å². The van der Waals surface area contributed by atoms with Gasteiger partial charge in [0.1, 0.15) is 5.75 Å². The number of nitrogens with one attached hydrogen (secondary N) is 1. The summed E-state index contributed by atoms with van der Waals surface area (Å²) in [5.41, 5.74) is 3.66. The van der Waals surface area contributed by atoms with Crippen LogP contribution in [0.5, 0.6) is 5.75 Å². The number of oxazole rings is 1. The van der Waals surface area contributed by atoms with Crippen molar-refractivity contribution in [1.29, 1.82) is 0 Å². The van der Waals surface area contributed by atoms with Gasteiger partial charge in [-0.25, -0.2) is 4.98 Å². The molecule has 2 aromatic heterocycles. The van der Waals surface area contributed by atoms with Crippen LogP contribution in [0.3, 0.4) is 0 Å².